The quantitative estimate of drug-likeness (QED) is 0.742. The maximum atomic E-state index is 3.49. The van der Waals surface area contributed by atoms with Gasteiger partial charge < -0.3 is 5.32 Å². The number of rotatable bonds is 3. The first-order chi connectivity index (χ1) is 10.4. The monoisotopic (exact) mass is 301 g/mol. The van der Waals surface area contributed by atoms with Gasteiger partial charge in [0.1, 0.15) is 0 Å². The minimum atomic E-state index is 0.478. The number of fused-ring (bicyclic) bond motifs is 3. The second-order valence-electron chi connectivity index (χ2n) is 9.00. The van der Waals surface area contributed by atoms with E-state index in [0.717, 1.165) is 11.8 Å². The van der Waals surface area contributed by atoms with Crippen molar-refractivity contribution in [2.24, 2.45) is 28.6 Å². The minimum absolute atomic E-state index is 0.478. The van der Waals surface area contributed by atoms with Gasteiger partial charge in [-0.3, -0.25) is 0 Å². The van der Waals surface area contributed by atoms with E-state index >= 15 is 0 Å². The highest BCUT2D eigenvalue weighted by Crippen LogP contribution is 2.61. The lowest BCUT2D eigenvalue weighted by Crippen LogP contribution is -2.52. The lowest BCUT2D eigenvalue weighted by Gasteiger charge is -2.58. The Kier molecular flexibility index (Phi) is 4.31. The van der Waals surface area contributed by atoms with Gasteiger partial charge in [0.25, 0.3) is 0 Å². The Bertz CT molecular complexity index is 482. The third kappa shape index (κ3) is 2.50. The van der Waals surface area contributed by atoms with Crippen LogP contribution in [0.1, 0.15) is 66.2 Å². The predicted octanol–water partition coefficient (Wildman–Crippen LogP) is 5.34. The molecular formula is C21H35N. The fourth-order valence-corrected chi connectivity index (χ4v) is 6.09. The molecule has 1 nitrogen and oxygen atoms in total. The fourth-order valence-electron chi connectivity index (χ4n) is 6.09. The molecule has 0 bridgehead atoms. The molecule has 0 aromatic heterocycles. The molecule has 3 aliphatic carbocycles. The van der Waals surface area contributed by atoms with Gasteiger partial charge in [-0.1, -0.05) is 51.8 Å². The molecule has 1 saturated carbocycles. The van der Waals surface area contributed by atoms with E-state index in [9.17, 15) is 0 Å². The van der Waals surface area contributed by atoms with E-state index in [1.54, 1.807) is 11.1 Å². The summed E-state index contributed by atoms with van der Waals surface area (Å²) in [6.07, 6.45) is 13.4. The van der Waals surface area contributed by atoms with Crippen LogP contribution in [0, 0.1) is 28.6 Å². The number of hydrogen-bond donors (Lipinski definition) is 1. The summed E-state index contributed by atoms with van der Waals surface area (Å²) in [7, 11) is 2.12. The summed E-state index contributed by atoms with van der Waals surface area (Å²) in [5.74, 6) is 2.38. The average molecular weight is 302 g/mol. The van der Waals surface area contributed by atoms with E-state index in [2.05, 4.69) is 52.2 Å². The van der Waals surface area contributed by atoms with Crippen LogP contribution in [-0.4, -0.2) is 13.6 Å². The molecule has 0 aromatic carbocycles. The molecule has 0 spiro atoms. The van der Waals surface area contributed by atoms with Crippen LogP contribution < -0.4 is 5.32 Å². The first kappa shape index (κ1) is 16.3. The van der Waals surface area contributed by atoms with Crippen molar-refractivity contribution in [3.8, 4) is 0 Å². The zero-order chi connectivity index (χ0) is 16.0. The summed E-state index contributed by atoms with van der Waals surface area (Å²) in [6.45, 7) is 11.0. The highest BCUT2D eigenvalue weighted by atomic mass is 14.8. The lowest BCUT2D eigenvalue weighted by atomic mass is 9.47. The van der Waals surface area contributed by atoms with Gasteiger partial charge in [0.2, 0.25) is 0 Å². The Morgan fingerprint density at radius 1 is 1.27 bits per heavy atom. The minimum Gasteiger partial charge on any atom is -0.319 e. The molecule has 3 rings (SSSR count). The van der Waals surface area contributed by atoms with Gasteiger partial charge in [-0.05, 0) is 73.3 Å². The van der Waals surface area contributed by atoms with Gasteiger partial charge in [-0.2, -0.15) is 0 Å². The van der Waals surface area contributed by atoms with E-state index in [4.69, 9.17) is 0 Å². The van der Waals surface area contributed by atoms with Gasteiger partial charge in [0.15, 0.2) is 0 Å². The summed E-state index contributed by atoms with van der Waals surface area (Å²) < 4.78 is 0. The Morgan fingerprint density at radius 2 is 2.05 bits per heavy atom. The molecule has 0 saturated heterocycles. The molecule has 0 amide bonds. The SMILES string of the molecule is CNC[C@]1(C)CCC[C@]2(C)[C@H]3CCC(C(C)C)=CC3=CC[C@@H]12. The summed E-state index contributed by atoms with van der Waals surface area (Å²) >= 11 is 0. The van der Waals surface area contributed by atoms with Crippen molar-refractivity contribution in [3.05, 3.63) is 23.3 Å². The second-order valence-corrected chi connectivity index (χ2v) is 9.00. The lowest BCUT2D eigenvalue weighted by molar-refractivity contribution is -0.0470. The van der Waals surface area contributed by atoms with Gasteiger partial charge in [-0.15, -0.1) is 0 Å². The third-order valence-electron chi connectivity index (χ3n) is 7.28. The van der Waals surface area contributed by atoms with Crippen molar-refractivity contribution in [3.63, 3.8) is 0 Å². The average Bonchev–Trinajstić information content (AvgIpc) is 2.46. The van der Waals surface area contributed by atoms with Gasteiger partial charge in [0.05, 0.1) is 0 Å². The third-order valence-corrected chi connectivity index (χ3v) is 7.28. The smallest absolute Gasteiger partial charge is 0.000513 e. The molecule has 0 radical (unpaired) electrons. The van der Waals surface area contributed by atoms with Gasteiger partial charge in [-0.25, -0.2) is 0 Å². The van der Waals surface area contributed by atoms with Crippen molar-refractivity contribution < 1.29 is 0 Å². The first-order valence-electron chi connectivity index (χ1n) is 9.46. The highest BCUT2D eigenvalue weighted by molar-refractivity contribution is 5.35. The Labute approximate surface area is 137 Å². The zero-order valence-corrected chi connectivity index (χ0v) is 15.3. The molecule has 124 valence electrons. The van der Waals surface area contributed by atoms with Crippen LogP contribution in [0.4, 0.5) is 0 Å². The summed E-state index contributed by atoms with van der Waals surface area (Å²) in [5.41, 5.74) is 4.36. The van der Waals surface area contributed by atoms with Crippen LogP contribution in [0.2, 0.25) is 0 Å². The Balaban J connectivity index is 1.94. The molecule has 3 aliphatic rings. The van der Waals surface area contributed by atoms with E-state index in [0.29, 0.717) is 16.7 Å². The van der Waals surface area contributed by atoms with E-state index in [-0.39, 0.29) is 0 Å². The van der Waals surface area contributed by atoms with Crippen LogP contribution in [-0.2, 0) is 0 Å². The molecule has 0 heterocycles. The van der Waals surface area contributed by atoms with Gasteiger partial charge in [0, 0.05) is 6.54 Å². The van der Waals surface area contributed by atoms with Crippen LogP contribution in [0.3, 0.4) is 0 Å². The molecule has 0 unspecified atom stereocenters. The molecule has 1 fully saturated rings. The maximum absolute atomic E-state index is 3.49. The molecular weight excluding hydrogens is 266 g/mol. The van der Waals surface area contributed by atoms with Crippen LogP contribution in [0.25, 0.3) is 0 Å². The summed E-state index contributed by atoms with van der Waals surface area (Å²) in [4.78, 5) is 0. The summed E-state index contributed by atoms with van der Waals surface area (Å²) in [6, 6.07) is 0. The van der Waals surface area contributed by atoms with E-state index < -0.39 is 0 Å². The van der Waals surface area contributed by atoms with Gasteiger partial charge >= 0.3 is 0 Å². The normalized spacial score (nSPS) is 41.5. The molecule has 0 aromatic rings. The standard InChI is InChI=1S/C21H35N/c1-15(2)16-7-9-18-17(13-16)8-10-19-20(3,14-22-5)11-6-12-21(18,19)4/h8,13,15,18-19,22H,6-7,9-12,14H2,1-5H3/t18-,19-,20-,21+/m0/s1. The number of nitrogens with one attached hydrogen (secondary N) is 1. The van der Waals surface area contributed by atoms with E-state index in [1.807, 2.05) is 0 Å². The number of allylic oxidation sites excluding steroid dienone is 4. The summed E-state index contributed by atoms with van der Waals surface area (Å²) in [5, 5.41) is 3.49. The molecule has 0 aliphatic heterocycles. The van der Waals surface area contributed by atoms with Crippen molar-refractivity contribution in [2.45, 2.75) is 66.2 Å². The highest BCUT2D eigenvalue weighted by Gasteiger charge is 2.53. The van der Waals surface area contributed by atoms with Crippen molar-refractivity contribution in [2.75, 3.05) is 13.6 Å². The first-order valence-corrected chi connectivity index (χ1v) is 9.46. The molecule has 1 N–H and O–H groups in total. The maximum Gasteiger partial charge on any atom is 0.000513 e. The van der Waals surface area contributed by atoms with Crippen LogP contribution >= 0.6 is 0 Å². The molecule has 1 heteroatoms. The van der Waals surface area contributed by atoms with E-state index in [1.165, 1.54) is 45.1 Å². The fraction of sp³-hybridized carbons (Fsp3) is 0.810. The second kappa shape index (κ2) is 5.82. The van der Waals surface area contributed by atoms with Crippen LogP contribution in [0.5, 0.6) is 0 Å². The topological polar surface area (TPSA) is 12.0 Å². The number of hydrogen-bond acceptors (Lipinski definition) is 1. The van der Waals surface area contributed by atoms with Crippen molar-refractivity contribution in [1.29, 1.82) is 0 Å². The molecule has 4 atom stereocenters. The largest absolute Gasteiger partial charge is 0.319 e. The van der Waals surface area contributed by atoms with Crippen LogP contribution in [0.15, 0.2) is 23.3 Å². The van der Waals surface area contributed by atoms with Crippen molar-refractivity contribution in [1.82, 2.24) is 5.32 Å². The Morgan fingerprint density at radius 3 is 2.73 bits per heavy atom. The molecule has 22 heavy (non-hydrogen) atoms. The predicted molar refractivity (Wildman–Crippen MR) is 95.8 cm³/mol. The zero-order valence-electron chi connectivity index (χ0n) is 15.3. The van der Waals surface area contributed by atoms with Crippen molar-refractivity contribution >= 4 is 0 Å². The Hall–Kier alpha value is -0.560.